The summed E-state index contributed by atoms with van der Waals surface area (Å²) in [4.78, 5) is 11.6. The second-order valence-corrected chi connectivity index (χ2v) is 4.32. The fourth-order valence-corrected chi connectivity index (χ4v) is 2.05. The molecule has 1 heterocycles. The summed E-state index contributed by atoms with van der Waals surface area (Å²) >= 11 is 0. The lowest BCUT2D eigenvalue weighted by atomic mass is 9.94. The van der Waals surface area contributed by atoms with Crippen molar-refractivity contribution in [3.8, 4) is 0 Å². The molecule has 2 atom stereocenters. The van der Waals surface area contributed by atoms with Crippen LogP contribution in [0.4, 0.5) is 5.69 Å². The number of fused-ring (bicyclic) bond motifs is 1. The number of carbonyl (C=O) groups is 1. The van der Waals surface area contributed by atoms with Crippen molar-refractivity contribution in [3.63, 3.8) is 0 Å². The van der Waals surface area contributed by atoms with Gasteiger partial charge in [-0.25, -0.2) is 0 Å². The summed E-state index contributed by atoms with van der Waals surface area (Å²) in [5.74, 6) is 0.251. The zero-order valence-corrected chi connectivity index (χ0v) is 9.08. The van der Waals surface area contributed by atoms with Crippen molar-refractivity contribution in [2.24, 2.45) is 5.73 Å². The number of nitrogens with two attached hydrogens (primary N) is 1. The van der Waals surface area contributed by atoms with Gasteiger partial charge in [-0.2, -0.15) is 0 Å². The molecule has 0 saturated carbocycles. The number of carbonyl (C=O) groups excluding carboxylic acids is 1. The minimum Gasteiger partial charge on any atom is -0.324 e. The van der Waals surface area contributed by atoms with Crippen molar-refractivity contribution in [3.05, 3.63) is 29.3 Å². The Bertz CT molecular complexity index is 401. The predicted molar refractivity (Wildman–Crippen MR) is 60.8 cm³/mol. The second-order valence-electron chi connectivity index (χ2n) is 4.32. The van der Waals surface area contributed by atoms with E-state index in [0.717, 1.165) is 11.3 Å². The Hall–Kier alpha value is -1.35. The van der Waals surface area contributed by atoms with Crippen LogP contribution in [-0.2, 0) is 4.79 Å². The first-order chi connectivity index (χ1) is 7.08. The Kier molecular flexibility index (Phi) is 2.49. The number of nitrogens with one attached hydrogen (secondary N) is 1. The normalized spacial score (nSPS) is 25.4. The molecule has 0 spiro atoms. The van der Waals surface area contributed by atoms with E-state index in [2.05, 4.69) is 24.4 Å². The minimum atomic E-state index is -0.396. The van der Waals surface area contributed by atoms with Gasteiger partial charge in [-0.15, -0.1) is 0 Å². The van der Waals surface area contributed by atoms with Gasteiger partial charge in [0.15, 0.2) is 0 Å². The standard InChI is InChI=1S/C12H16N2O/c1-7-3-4-9-8(2)6-10(13)12(15)14-11(9)5-7/h3-5,8,10H,6,13H2,1-2H3,(H,14,15)/t8-,10+/m1/s1. The predicted octanol–water partition coefficient (Wildman–Crippen LogP) is 1.77. The number of anilines is 1. The van der Waals surface area contributed by atoms with Crippen LogP contribution < -0.4 is 11.1 Å². The molecule has 0 aliphatic carbocycles. The van der Waals surface area contributed by atoms with Crippen LogP contribution >= 0.6 is 0 Å². The van der Waals surface area contributed by atoms with Crippen LogP contribution in [0.15, 0.2) is 18.2 Å². The largest absolute Gasteiger partial charge is 0.324 e. The van der Waals surface area contributed by atoms with Crippen LogP contribution in [0.5, 0.6) is 0 Å². The van der Waals surface area contributed by atoms with Crippen molar-refractivity contribution in [1.29, 1.82) is 0 Å². The molecule has 3 nitrogen and oxygen atoms in total. The third kappa shape index (κ3) is 1.88. The molecule has 0 unspecified atom stereocenters. The molecule has 80 valence electrons. The van der Waals surface area contributed by atoms with E-state index in [4.69, 9.17) is 5.73 Å². The number of hydrogen-bond donors (Lipinski definition) is 2. The number of amides is 1. The molecule has 3 N–H and O–H groups in total. The lowest BCUT2D eigenvalue weighted by Gasteiger charge is -2.12. The Morgan fingerprint density at radius 3 is 2.93 bits per heavy atom. The average molecular weight is 204 g/mol. The molecular weight excluding hydrogens is 188 g/mol. The van der Waals surface area contributed by atoms with Crippen LogP contribution in [0.1, 0.15) is 30.4 Å². The van der Waals surface area contributed by atoms with E-state index >= 15 is 0 Å². The molecule has 0 radical (unpaired) electrons. The number of hydrogen-bond acceptors (Lipinski definition) is 2. The zero-order valence-electron chi connectivity index (χ0n) is 9.08. The Morgan fingerprint density at radius 1 is 1.47 bits per heavy atom. The SMILES string of the molecule is Cc1ccc2c(c1)NC(=O)[C@@H](N)C[C@H]2C. The summed E-state index contributed by atoms with van der Waals surface area (Å²) in [7, 11) is 0. The topological polar surface area (TPSA) is 55.1 Å². The first-order valence-corrected chi connectivity index (χ1v) is 5.25. The first kappa shape index (κ1) is 10.2. The summed E-state index contributed by atoms with van der Waals surface area (Å²) in [6.07, 6.45) is 0.710. The molecule has 1 aromatic rings. The summed E-state index contributed by atoms with van der Waals surface area (Å²) in [6, 6.07) is 5.75. The molecule has 1 amide bonds. The monoisotopic (exact) mass is 204 g/mol. The quantitative estimate of drug-likeness (QED) is 0.676. The first-order valence-electron chi connectivity index (χ1n) is 5.25. The smallest absolute Gasteiger partial charge is 0.241 e. The van der Waals surface area contributed by atoms with Gasteiger partial charge in [-0.3, -0.25) is 4.79 Å². The Morgan fingerprint density at radius 2 is 2.20 bits per heavy atom. The lowest BCUT2D eigenvalue weighted by Crippen LogP contribution is -2.34. The van der Waals surface area contributed by atoms with Gasteiger partial charge in [-0.05, 0) is 36.5 Å². The van der Waals surface area contributed by atoms with Crippen molar-refractivity contribution in [2.75, 3.05) is 5.32 Å². The molecule has 2 rings (SSSR count). The van der Waals surface area contributed by atoms with E-state index < -0.39 is 6.04 Å². The zero-order chi connectivity index (χ0) is 11.0. The fraction of sp³-hybridized carbons (Fsp3) is 0.417. The lowest BCUT2D eigenvalue weighted by molar-refractivity contribution is -0.117. The van der Waals surface area contributed by atoms with Crippen LogP contribution in [-0.4, -0.2) is 11.9 Å². The molecule has 0 aromatic heterocycles. The molecule has 0 fully saturated rings. The van der Waals surface area contributed by atoms with Crippen molar-refractivity contribution < 1.29 is 4.79 Å². The second kappa shape index (κ2) is 3.66. The molecule has 0 bridgehead atoms. The summed E-state index contributed by atoms with van der Waals surface area (Å²) in [5.41, 5.74) is 9.02. The van der Waals surface area contributed by atoms with Gasteiger partial charge in [-0.1, -0.05) is 19.1 Å². The van der Waals surface area contributed by atoms with Crippen LogP contribution in [0.2, 0.25) is 0 Å². The fourth-order valence-electron chi connectivity index (χ4n) is 2.05. The molecule has 0 saturated heterocycles. The highest BCUT2D eigenvalue weighted by Crippen LogP contribution is 2.31. The van der Waals surface area contributed by atoms with Gasteiger partial charge in [0.1, 0.15) is 0 Å². The summed E-state index contributed by atoms with van der Waals surface area (Å²) < 4.78 is 0. The highest BCUT2D eigenvalue weighted by molar-refractivity contribution is 5.96. The molecule has 1 aromatic carbocycles. The van der Waals surface area contributed by atoms with Crippen LogP contribution in [0, 0.1) is 6.92 Å². The van der Waals surface area contributed by atoms with Gasteiger partial charge in [0.05, 0.1) is 6.04 Å². The van der Waals surface area contributed by atoms with E-state index in [1.165, 1.54) is 5.56 Å². The van der Waals surface area contributed by atoms with Crippen molar-refractivity contribution >= 4 is 11.6 Å². The summed E-state index contributed by atoms with van der Waals surface area (Å²) in [5, 5.41) is 2.88. The van der Waals surface area contributed by atoms with Gasteiger partial charge in [0.2, 0.25) is 5.91 Å². The minimum absolute atomic E-state index is 0.0776. The summed E-state index contributed by atoms with van der Waals surface area (Å²) in [6.45, 7) is 4.12. The van der Waals surface area contributed by atoms with E-state index in [0.29, 0.717) is 12.3 Å². The van der Waals surface area contributed by atoms with Gasteiger partial charge < -0.3 is 11.1 Å². The Balaban J connectivity index is 2.46. The maximum atomic E-state index is 11.6. The van der Waals surface area contributed by atoms with Crippen LogP contribution in [0.25, 0.3) is 0 Å². The van der Waals surface area contributed by atoms with Crippen molar-refractivity contribution in [2.45, 2.75) is 32.2 Å². The van der Waals surface area contributed by atoms with E-state index in [1.807, 2.05) is 13.0 Å². The highest BCUT2D eigenvalue weighted by atomic mass is 16.2. The number of rotatable bonds is 0. The molecule has 1 aliphatic heterocycles. The van der Waals surface area contributed by atoms with E-state index in [-0.39, 0.29) is 5.91 Å². The number of benzene rings is 1. The molecule has 15 heavy (non-hydrogen) atoms. The maximum absolute atomic E-state index is 11.6. The average Bonchev–Trinajstić information content (AvgIpc) is 2.25. The number of aryl methyl sites for hydroxylation is 1. The van der Waals surface area contributed by atoms with Gasteiger partial charge in [0, 0.05) is 5.69 Å². The third-order valence-electron chi connectivity index (χ3n) is 2.94. The molecular formula is C12H16N2O. The third-order valence-corrected chi connectivity index (χ3v) is 2.94. The van der Waals surface area contributed by atoms with E-state index in [1.54, 1.807) is 0 Å². The van der Waals surface area contributed by atoms with Crippen molar-refractivity contribution in [1.82, 2.24) is 0 Å². The molecule has 3 heteroatoms. The van der Waals surface area contributed by atoms with Crippen LogP contribution in [0.3, 0.4) is 0 Å². The Labute approximate surface area is 89.7 Å². The van der Waals surface area contributed by atoms with Gasteiger partial charge in [0.25, 0.3) is 0 Å². The highest BCUT2D eigenvalue weighted by Gasteiger charge is 2.24. The maximum Gasteiger partial charge on any atom is 0.241 e. The van der Waals surface area contributed by atoms with Gasteiger partial charge >= 0.3 is 0 Å². The van der Waals surface area contributed by atoms with E-state index in [9.17, 15) is 4.79 Å². The molecule has 1 aliphatic rings.